The summed E-state index contributed by atoms with van der Waals surface area (Å²) in [5, 5.41) is 2.04. The van der Waals surface area contributed by atoms with Gasteiger partial charge in [0, 0.05) is 22.9 Å². The molecule has 1 aromatic heterocycles. The van der Waals surface area contributed by atoms with Crippen LogP contribution in [0.4, 0.5) is 4.39 Å². The Morgan fingerprint density at radius 3 is 2.70 bits per heavy atom. The fraction of sp³-hybridized carbons (Fsp3) is 0.375. The molecule has 0 aliphatic rings. The van der Waals surface area contributed by atoms with Crippen LogP contribution in [0.25, 0.3) is 0 Å². The summed E-state index contributed by atoms with van der Waals surface area (Å²) in [5.41, 5.74) is 6.64. The lowest BCUT2D eigenvalue weighted by Gasteiger charge is -2.24. The molecule has 0 spiro atoms. The number of nitrogens with two attached hydrogens (primary N) is 1. The number of ether oxygens (including phenoxy) is 1. The lowest BCUT2D eigenvalue weighted by atomic mass is 10.0. The molecule has 0 aliphatic carbocycles. The van der Waals surface area contributed by atoms with Gasteiger partial charge in [-0.05, 0) is 23.9 Å². The van der Waals surface area contributed by atoms with E-state index in [0.29, 0.717) is 12.2 Å². The first kappa shape index (κ1) is 15.2. The standard InChI is InChI=1S/C16H20FNOS/c1-2-15(18)16(13-7-3-4-8-14(13)17)19-10-9-12-6-5-11-20-12/h3-8,11,15-16H,2,9-10,18H2,1H3. The molecule has 2 nitrogen and oxygen atoms in total. The molecule has 2 rings (SSSR count). The third-order valence-corrected chi connectivity index (χ3v) is 4.23. The molecule has 0 radical (unpaired) electrons. The SMILES string of the molecule is CCC(N)C(OCCc1cccs1)c1ccccc1F. The molecule has 2 atom stereocenters. The van der Waals surface area contributed by atoms with Crippen LogP contribution in [0.15, 0.2) is 41.8 Å². The molecule has 0 fully saturated rings. The molecule has 2 aromatic rings. The van der Waals surface area contributed by atoms with E-state index in [1.807, 2.05) is 24.4 Å². The van der Waals surface area contributed by atoms with Crippen molar-refractivity contribution >= 4 is 11.3 Å². The normalized spacial score (nSPS) is 14.2. The van der Waals surface area contributed by atoms with Gasteiger partial charge in [0.2, 0.25) is 0 Å². The summed E-state index contributed by atoms with van der Waals surface area (Å²) >= 11 is 1.70. The molecule has 2 unspecified atom stereocenters. The van der Waals surface area contributed by atoms with Crippen LogP contribution in [0.5, 0.6) is 0 Å². The van der Waals surface area contributed by atoms with Crippen LogP contribution in [0.1, 0.15) is 29.9 Å². The van der Waals surface area contributed by atoms with E-state index >= 15 is 0 Å². The van der Waals surface area contributed by atoms with Crippen molar-refractivity contribution in [2.75, 3.05) is 6.61 Å². The molecule has 108 valence electrons. The van der Waals surface area contributed by atoms with Gasteiger partial charge >= 0.3 is 0 Å². The van der Waals surface area contributed by atoms with Gasteiger partial charge in [0.05, 0.1) is 6.61 Å². The molecule has 1 aromatic carbocycles. The third-order valence-electron chi connectivity index (χ3n) is 3.30. The molecule has 1 heterocycles. The Labute approximate surface area is 123 Å². The number of hydrogen-bond acceptors (Lipinski definition) is 3. The maximum absolute atomic E-state index is 13.9. The molecular weight excluding hydrogens is 273 g/mol. The largest absolute Gasteiger partial charge is 0.371 e. The average Bonchev–Trinajstić information content (AvgIpc) is 2.97. The second-order valence-electron chi connectivity index (χ2n) is 4.71. The minimum Gasteiger partial charge on any atom is -0.371 e. The average molecular weight is 293 g/mol. The topological polar surface area (TPSA) is 35.2 Å². The van der Waals surface area contributed by atoms with Gasteiger partial charge in [0.1, 0.15) is 11.9 Å². The van der Waals surface area contributed by atoms with Crippen LogP contribution in [-0.2, 0) is 11.2 Å². The van der Waals surface area contributed by atoms with E-state index in [1.165, 1.54) is 10.9 Å². The maximum atomic E-state index is 13.9. The summed E-state index contributed by atoms with van der Waals surface area (Å²) in [4.78, 5) is 1.27. The number of benzene rings is 1. The summed E-state index contributed by atoms with van der Waals surface area (Å²) in [7, 11) is 0. The minimum absolute atomic E-state index is 0.199. The summed E-state index contributed by atoms with van der Waals surface area (Å²) in [6.45, 7) is 2.54. The van der Waals surface area contributed by atoms with Crippen molar-refractivity contribution in [3.8, 4) is 0 Å². The molecule has 0 amide bonds. The quantitative estimate of drug-likeness (QED) is 0.839. The lowest BCUT2D eigenvalue weighted by molar-refractivity contribution is 0.0333. The van der Waals surface area contributed by atoms with Crippen LogP contribution < -0.4 is 5.73 Å². The van der Waals surface area contributed by atoms with Crippen LogP contribution in [-0.4, -0.2) is 12.6 Å². The predicted molar refractivity (Wildman–Crippen MR) is 81.4 cm³/mol. The minimum atomic E-state index is -0.388. The Morgan fingerprint density at radius 2 is 2.05 bits per heavy atom. The predicted octanol–water partition coefficient (Wildman–Crippen LogP) is 3.92. The Hall–Kier alpha value is -1.23. The molecule has 0 saturated heterocycles. The second kappa shape index (κ2) is 7.53. The van der Waals surface area contributed by atoms with Crippen molar-refractivity contribution in [3.05, 3.63) is 58.0 Å². The summed E-state index contributed by atoms with van der Waals surface area (Å²) < 4.78 is 19.8. The highest BCUT2D eigenvalue weighted by Crippen LogP contribution is 2.25. The van der Waals surface area contributed by atoms with Crippen molar-refractivity contribution < 1.29 is 9.13 Å². The zero-order chi connectivity index (χ0) is 14.4. The highest BCUT2D eigenvalue weighted by Gasteiger charge is 2.22. The fourth-order valence-corrected chi connectivity index (χ4v) is 2.80. The van der Waals surface area contributed by atoms with Crippen LogP contribution in [0.2, 0.25) is 0 Å². The third kappa shape index (κ3) is 3.88. The second-order valence-corrected chi connectivity index (χ2v) is 5.75. The summed E-state index contributed by atoms with van der Waals surface area (Å²) in [5.74, 6) is -0.252. The van der Waals surface area contributed by atoms with Gasteiger partial charge in [-0.3, -0.25) is 0 Å². The summed E-state index contributed by atoms with van der Waals surface area (Å²) in [6, 6.07) is 10.6. The number of hydrogen-bond donors (Lipinski definition) is 1. The lowest BCUT2D eigenvalue weighted by Crippen LogP contribution is -2.30. The molecule has 4 heteroatoms. The molecule has 0 aliphatic heterocycles. The van der Waals surface area contributed by atoms with Gasteiger partial charge in [-0.1, -0.05) is 31.2 Å². The first-order valence-corrected chi connectivity index (χ1v) is 7.74. The van der Waals surface area contributed by atoms with Gasteiger partial charge < -0.3 is 10.5 Å². The fourth-order valence-electron chi connectivity index (χ4n) is 2.11. The highest BCUT2D eigenvalue weighted by atomic mass is 32.1. The first-order chi connectivity index (χ1) is 9.72. The van der Waals surface area contributed by atoms with E-state index in [2.05, 4.69) is 6.07 Å². The monoisotopic (exact) mass is 293 g/mol. The van der Waals surface area contributed by atoms with Crippen LogP contribution >= 0.6 is 11.3 Å². The molecule has 2 N–H and O–H groups in total. The molecule has 0 saturated carbocycles. The molecular formula is C16H20FNOS. The van der Waals surface area contributed by atoms with Crippen molar-refractivity contribution in [2.24, 2.45) is 5.73 Å². The Kier molecular flexibility index (Phi) is 5.71. The van der Waals surface area contributed by atoms with E-state index in [0.717, 1.165) is 12.8 Å². The zero-order valence-electron chi connectivity index (χ0n) is 11.6. The van der Waals surface area contributed by atoms with Crippen molar-refractivity contribution in [2.45, 2.75) is 31.9 Å². The number of rotatable bonds is 7. The highest BCUT2D eigenvalue weighted by molar-refractivity contribution is 7.09. The maximum Gasteiger partial charge on any atom is 0.129 e. The van der Waals surface area contributed by atoms with Crippen LogP contribution in [0.3, 0.4) is 0 Å². The zero-order valence-corrected chi connectivity index (χ0v) is 12.4. The van der Waals surface area contributed by atoms with Gasteiger partial charge in [0.15, 0.2) is 0 Å². The van der Waals surface area contributed by atoms with E-state index < -0.39 is 0 Å². The van der Waals surface area contributed by atoms with Gasteiger partial charge in [-0.15, -0.1) is 11.3 Å². The Morgan fingerprint density at radius 1 is 1.25 bits per heavy atom. The van der Waals surface area contributed by atoms with Gasteiger partial charge in [-0.25, -0.2) is 4.39 Å². The number of halogens is 1. The van der Waals surface area contributed by atoms with Gasteiger partial charge in [0.25, 0.3) is 0 Å². The summed E-state index contributed by atoms with van der Waals surface area (Å²) in [6.07, 6.45) is 1.19. The van der Waals surface area contributed by atoms with Crippen molar-refractivity contribution in [1.82, 2.24) is 0 Å². The smallest absolute Gasteiger partial charge is 0.129 e. The molecule has 20 heavy (non-hydrogen) atoms. The van der Waals surface area contributed by atoms with Crippen LogP contribution in [0, 0.1) is 5.82 Å². The Balaban J connectivity index is 2.02. The number of thiophene rings is 1. The molecule has 0 bridgehead atoms. The van der Waals surface area contributed by atoms with Gasteiger partial charge in [-0.2, -0.15) is 0 Å². The van der Waals surface area contributed by atoms with E-state index in [-0.39, 0.29) is 18.0 Å². The van der Waals surface area contributed by atoms with Crippen molar-refractivity contribution in [3.63, 3.8) is 0 Å². The van der Waals surface area contributed by atoms with E-state index in [9.17, 15) is 4.39 Å². The van der Waals surface area contributed by atoms with E-state index in [1.54, 1.807) is 23.5 Å². The Bertz CT molecular complexity index is 515. The van der Waals surface area contributed by atoms with E-state index in [4.69, 9.17) is 10.5 Å². The first-order valence-electron chi connectivity index (χ1n) is 6.86. The van der Waals surface area contributed by atoms with Crippen molar-refractivity contribution in [1.29, 1.82) is 0 Å².